The molecule has 1 aliphatic heterocycles. The fraction of sp³-hybridized carbons (Fsp3) is 0.474. The van der Waals surface area contributed by atoms with Gasteiger partial charge in [0.15, 0.2) is 0 Å². The van der Waals surface area contributed by atoms with Crippen LogP contribution in [0, 0.1) is 22.0 Å². The molecular formula is C19H22N2O3. The number of anilines is 1. The highest BCUT2D eigenvalue weighted by Gasteiger charge is 2.42. The Bertz CT molecular complexity index is 726. The molecule has 126 valence electrons. The van der Waals surface area contributed by atoms with Crippen molar-refractivity contribution in [2.24, 2.45) is 11.8 Å². The van der Waals surface area contributed by atoms with E-state index in [0.717, 1.165) is 30.5 Å². The maximum absolute atomic E-state index is 11.3. The molecule has 0 saturated carbocycles. The Kier molecular flexibility index (Phi) is 3.79. The number of hydrogen-bond donors (Lipinski definition) is 1. The number of allylic oxidation sites excluding steroid dienone is 4. The summed E-state index contributed by atoms with van der Waals surface area (Å²) in [4.78, 5) is 10.9. The fourth-order valence-electron chi connectivity index (χ4n) is 4.57. The van der Waals surface area contributed by atoms with Gasteiger partial charge in [-0.2, -0.15) is 0 Å². The number of nitro benzene ring substituents is 1. The first kappa shape index (κ1) is 15.2. The summed E-state index contributed by atoms with van der Waals surface area (Å²) in [6.07, 6.45) is 13.5. The lowest BCUT2D eigenvalue weighted by Gasteiger charge is -2.42. The van der Waals surface area contributed by atoms with E-state index in [1.165, 1.54) is 12.5 Å². The average Bonchev–Trinajstić information content (AvgIpc) is 3.10. The third kappa shape index (κ3) is 2.39. The molecule has 1 aromatic rings. The van der Waals surface area contributed by atoms with Crippen LogP contribution in [0.4, 0.5) is 11.4 Å². The highest BCUT2D eigenvalue weighted by atomic mass is 16.6. The summed E-state index contributed by atoms with van der Waals surface area (Å²) in [5.74, 6) is 1.90. The average molecular weight is 326 g/mol. The lowest BCUT2D eigenvalue weighted by molar-refractivity contribution is -0.385. The summed E-state index contributed by atoms with van der Waals surface area (Å²) in [5, 5.41) is 15.0. The van der Waals surface area contributed by atoms with Crippen molar-refractivity contribution >= 4 is 11.4 Å². The van der Waals surface area contributed by atoms with Crippen LogP contribution in [0.15, 0.2) is 36.4 Å². The minimum absolute atomic E-state index is 0.102. The van der Waals surface area contributed by atoms with Crippen LogP contribution in [-0.4, -0.2) is 18.1 Å². The molecular weight excluding hydrogens is 304 g/mol. The van der Waals surface area contributed by atoms with Crippen LogP contribution in [0.3, 0.4) is 0 Å². The monoisotopic (exact) mass is 326 g/mol. The summed E-state index contributed by atoms with van der Waals surface area (Å²) >= 11 is 0. The summed E-state index contributed by atoms with van der Waals surface area (Å²) in [6, 6.07) is 3.63. The highest BCUT2D eigenvalue weighted by Crippen LogP contribution is 2.51. The van der Waals surface area contributed by atoms with Crippen LogP contribution in [0.5, 0.6) is 5.75 Å². The topological polar surface area (TPSA) is 64.4 Å². The van der Waals surface area contributed by atoms with Gasteiger partial charge in [-0.3, -0.25) is 10.1 Å². The number of nitrogens with one attached hydrogen (secondary N) is 1. The van der Waals surface area contributed by atoms with Crippen molar-refractivity contribution in [2.75, 3.05) is 12.4 Å². The molecule has 1 N–H and O–H groups in total. The Morgan fingerprint density at radius 3 is 2.83 bits per heavy atom. The molecule has 5 nitrogen and oxygen atoms in total. The van der Waals surface area contributed by atoms with Crippen molar-refractivity contribution in [3.8, 4) is 5.75 Å². The standard InChI is InChI=1S/C19H22N2O3/c1-24-17-11-13(21(22)23)10-16-14-8-5-9-15(14)18(20-19(16)17)12-6-3-2-4-7-12/h2-3,5,8,10-12,14-15,18,20H,4,6-7,9H2,1H3/t12-,14+,15+,18+/m1/s1. The van der Waals surface area contributed by atoms with Gasteiger partial charge in [-0.25, -0.2) is 0 Å². The molecule has 0 unspecified atom stereocenters. The Morgan fingerprint density at radius 1 is 1.25 bits per heavy atom. The zero-order chi connectivity index (χ0) is 16.7. The first-order chi connectivity index (χ1) is 11.7. The number of nitrogens with zero attached hydrogens (tertiary/aromatic N) is 1. The van der Waals surface area contributed by atoms with Gasteiger partial charge in [-0.15, -0.1) is 0 Å². The van der Waals surface area contributed by atoms with Crippen molar-refractivity contribution in [3.63, 3.8) is 0 Å². The van der Waals surface area contributed by atoms with Crippen molar-refractivity contribution in [2.45, 2.75) is 37.6 Å². The Morgan fingerprint density at radius 2 is 2.12 bits per heavy atom. The first-order valence-corrected chi connectivity index (χ1v) is 8.63. The maximum Gasteiger partial charge on any atom is 0.273 e. The molecule has 0 amide bonds. The third-order valence-electron chi connectivity index (χ3n) is 5.71. The zero-order valence-corrected chi connectivity index (χ0v) is 13.8. The lowest BCUT2D eigenvalue weighted by atomic mass is 9.72. The molecule has 1 heterocycles. The quantitative estimate of drug-likeness (QED) is 0.507. The van der Waals surface area contributed by atoms with Gasteiger partial charge >= 0.3 is 0 Å². The van der Waals surface area contributed by atoms with E-state index in [-0.39, 0.29) is 16.5 Å². The number of rotatable bonds is 3. The number of fused-ring (bicyclic) bond motifs is 3. The second kappa shape index (κ2) is 5.96. The summed E-state index contributed by atoms with van der Waals surface area (Å²) in [6.45, 7) is 0. The predicted octanol–water partition coefficient (Wildman–Crippen LogP) is 4.41. The molecule has 5 heteroatoms. The van der Waals surface area contributed by atoms with Crippen LogP contribution in [0.2, 0.25) is 0 Å². The van der Waals surface area contributed by atoms with Crippen molar-refractivity contribution < 1.29 is 9.66 Å². The van der Waals surface area contributed by atoms with Crippen LogP contribution in [-0.2, 0) is 0 Å². The van der Waals surface area contributed by atoms with Gasteiger partial charge in [-0.05, 0) is 43.1 Å². The van der Waals surface area contributed by atoms with Crippen molar-refractivity contribution in [1.82, 2.24) is 0 Å². The molecule has 3 aliphatic rings. The van der Waals surface area contributed by atoms with Gasteiger partial charge in [-0.1, -0.05) is 24.3 Å². The fourth-order valence-corrected chi connectivity index (χ4v) is 4.57. The van der Waals surface area contributed by atoms with E-state index in [4.69, 9.17) is 4.74 Å². The maximum atomic E-state index is 11.3. The first-order valence-electron chi connectivity index (χ1n) is 8.63. The molecule has 4 atom stereocenters. The van der Waals surface area contributed by atoms with Crippen LogP contribution in [0.25, 0.3) is 0 Å². The smallest absolute Gasteiger partial charge is 0.273 e. The van der Waals surface area contributed by atoms with Gasteiger partial charge < -0.3 is 10.1 Å². The molecule has 0 radical (unpaired) electrons. The second-order valence-corrected chi connectivity index (χ2v) is 6.94. The van der Waals surface area contributed by atoms with E-state index in [0.29, 0.717) is 23.6 Å². The van der Waals surface area contributed by atoms with Crippen molar-refractivity contribution in [1.29, 1.82) is 0 Å². The minimum atomic E-state index is -0.339. The molecule has 4 rings (SSSR count). The van der Waals surface area contributed by atoms with Gasteiger partial charge in [0.05, 0.1) is 23.8 Å². The normalized spacial score (nSPS) is 30.4. The van der Waals surface area contributed by atoms with Crippen LogP contribution in [0.1, 0.15) is 37.2 Å². The van der Waals surface area contributed by atoms with E-state index >= 15 is 0 Å². The van der Waals surface area contributed by atoms with E-state index in [9.17, 15) is 10.1 Å². The van der Waals surface area contributed by atoms with Crippen LogP contribution < -0.4 is 10.1 Å². The number of nitro groups is 1. The van der Waals surface area contributed by atoms with Gasteiger partial charge in [0, 0.05) is 18.0 Å². The summed E-state index contributed by atoms with van der Waals surface area (Å²) in [5.41, 5.74) is 2.04. The number of hydrogen-bond acceptors (Lipinski definition) is 4. The third-order valence-corrected chi connectivity index (χ3v) is 5.71. The number of non-ortho nitro benzene ring substituents is 1. The van der Waals surface area contributed by atoms with E-state index in [1.807, 2.05) is 0 Å². The summed E-state index contributed by atoms with van der Waals surface area (Å²) < 4.78 is 5.48. The Balaban J connectivity index is 1.78. The van der Waals surface area contributed by atoms with E-state index in [2.05, 4.69) is 29.6 Å². The predicted molar refractivity (Wildman–Crippen MR) is 93.5 cm³/mol. The molecule has 0 aromatic heterocycles. The van der Waals surface area contributed by atoms with Gasteiger partial charge in [0.25, 0.3) is 5.69 Å². The molecule has 2 aliphatic carbocycles. The van der Waals surface area contributed by atoms with E-state index < -0.39 is 0 Å². The number of benzene rings is 1. The lowest BCUT2D eigenvalue weighted by Crippen LogP contribution is -2.42. The molecule has 0 saturated heterocycles. The SMILES string of the molecule is COc1cc([N+](=O)[O-])cc2c1N[C@@H]([C@@H]1CC=CCC1)[C@H]1CC=C[C@H]21. The number of methoxy groups -OCH3 is 1. The highest BCUT2D eigenvalue weighted by molar-refractivity contribution is 5.70. The minimum Gasteiger partial charge on any atom is -0.494 e. The zero-order valence-electron chi connectivity index (χ0n) is 13.8. The molecule has 0 spiro atoms. The van der Waals surface area contributed by atoms with Crippen LogP contribution >= 0.6 is 0 Å². The van der Waals surface area contributed by atoms with Gasteiger partial charge in [0.1, 0.15) is 5.75 Å². The Labute approximate surface area is 141 Å². The number of ether oxygens (including phenoxy) is 1. The van der Waals surface area contributed by atoms with Crippen molar-refractivity contribution in [3.05, 3.63) is 52.1 Å². The summed E-state index contributed by atoms with van der Waals surface area (Å²) in [7, 11) is 1.58. The van der Waals surface area contributed by atoms with Gasteiger partial charge in [0.2, 0.25) is 0 Å². The molecule has 24 heavy (non-hydrogen) atoms. The molecule has 1 aromatic carbocycles. The largest absolute Gasteiger partial charge is 0.494 e. The Hall–Kier alpha value is -2.30. The molecule has 0 fully saturated rings. The molecule has 0 bridgehead atoms. The van der Waals surface area contributed by atoms with E-state index in [1.54, 1.807) is 13.2 Å². The second-order valence-electron chi connectivity index (χ2n) is 6.94.